The highest BCUT2D eigenvalue weighted by Crippen LogP contribution is 2.30. The Morgan fingerprint density at radius 3 is 2.92 bits per heavy atom. The van der Waals surface area contributed by atoms with Gasteiger partial charge in [-0.1, -0.05) is 0 Å². The van der Waals surface area contributed by atoms with Gasteiger partial charge in [-0.3, -0.25) is 4.90 Å². The van der Waals surface area contributed by atoms with Crippen LogP contribution in [0.4, 0.5) is 0 Å². The number of furan rings is 1. The zero-order chi connectivity index (χ0) is 8.55. The molecule has 2 rings (SSSR count). The molecular formula is C10H15NO. The first-order valence-corrected chi connectivity index (χ1v) is 4.52. The van der Waals surface area contributed by atoms with Crippen LogP contribution in [0.2, 0.25) is 0 Å². The molecule has 2 heteroatoms. The van der Waals surface area contributed by atoms with Gasteiger partial charge in [-0.25, -0.2) is 0 Å². The molecule has 0 aromatic carbocycles. The summed E-state index contributed by atoms with van der Waals surface area (Å²) < 4.78 is 5.48. The number of nitrogens with zero attached hydrogens (tertiary/aromatic N) is 1. The molecule has 0 aliphatic carbocycles. The highest BCUT2D eigenvalue weighted by Gasteiger charge is 2.24. The standard InChI is InChI=1S/C10H15NO/c1-8-6-10(12-7-8)9-4-3-5-11(9)2/h6-7,9H,3-5H2,1-2H3. The van der Waals surface area contributed by atoms with E-state index in [-0.39, 0.29) is 0 Å². The average Bonchev–Trinajstić information content (AvgIpc) is 2.58. The van der Waals surface area contributed by atoms with Crippen molar-refractivity contribution in [1.82, 2.24) is 4.90 Å². The van der Waals surface area contributed by atoms with Crippen LogP contribution >= 0.6 is 0 Å². The largest absolute Gasteiger partial charge is 0.467 e. The van der Waals surface area contributed by atoms with E-state index >= 15 is 0 Å². The van der Waals surface area contributed by atoms with Gasteiger partial charge in [0.15, 0.2) is 0 Å². The molecular weight excluding hydrogens is 150 g/mol. The van der Waals surface area contributed by atoms with Crippen molar-refractivity contribution >= 4 is 0 Å². The predicted octanol–water partition coefficient (Wildman–Crippen LogP) is 2.35. The second-order valence-electron chi connectivity index (χ2n) is 3.67. The lowest BCUT2D eigenvalue weighted by atomic mass is 10.1. The van der Waals surface area contributed by atoms with Crippen LogP contribution in [-0.4, -0.2) is 18.5 Å². The van der Waals surface area contributed by atoms with Crippen LogP contribution in [0.25, 0.3) is 0 Å². The van der Waals surface area contributed by atoms with Crippen LogP contribution in [0.1, 0.15) is 30.2 Å². The Hall–Kier alpha value is -0.760. The SMILES string of the molecule is Cc1coc(C2CCCN2C)c1. The Bertz CT molecular complexity index is 267. The molecule has 2 nitrogen and oxygen atoms in total. The molecule has 1 aliphatic heterocycles. The lowest BCUT2D eigenvalue weighted by Crippen LogP contribution is -2.16. The number of rotatable bonds is 1. The Morgan fingerprint density at radius 2 is 2.42 bits per heavy atom. The minimum absolute atomic E-state index is 0.527. The summed E-state index contributed by atoms with van der Waals surface area (Å²) in [5.74, 6) is 1.13. The lowest BCUT2D eigenvalue weighted by Gasteiger charge is -2.16. The molecule has 2 heterocycles. The molecule has 1 atom stereocenters. The first kappa shape index (κ1) is 7.87. The zero-order valence-electron chi connectivity index (χ0n) is 7.71. The van der Waals surface area contributed by atoms with E-state index in [2.05, 4.69) is 24.9 Å². The van der Waals surface area contributed by atoms with Crippen LogP contribution in [0, 0.1) is 6.92 Å². The van der Waals surface area contributed by atoms with Crippen LogP contribution in [0.15, 0.2) is 16.7 Å². The molecule has 1 aromatic heterocycles. The van der Waals surface area contributed by atoms with Crippen molar-refractivity contribution in [3.05, 3.63) is 23.7 Å². The molecule has 0 amide bonds. The Kier molecular flexibility index (Phi) is 1.93. The van der Waals surface area contributed by atoms with E-state index in [0.717, 1.165) is 5.76 Å². The minimum Gasteiger partial charge on any atom is -0.467 e. The number of hydrogen-bond donors (Lipinski definition) is 0. The van der Waals surface area contributed by atoms with Crippen molar-refractivity contribution in [2.45, 2.75) is 25.8 Å². The Labute approximate surface area is 73.2 Å². The summed E-state index contributed by atoms with van der Waals surface area (Å²) >= 11 is 0. The first-order valence-electron chi connectivity index (χ1n) is 4.52. The summed E-state index contributed by atoms with van der Waals surface area (Å²) in [5, 5.41) is 0. The van der Waals surface area contributed by atoms with Gasteiger partial charge < -0.3 is 4.42 Å². The predicted molar refractivity (Wildman–Crippen MR) is 48.1 cm³/mol. The topological polar surface area (TPSA) is 16.4 Å². The highest BCUT2D eigenvalue weighted by molar-refractivity contribution is 5.14. The first-order chi connectivity index (χ1) is 5.77. The maximum absolute atomic E-state index is 5.48. The molecule has 1 unspecified atom stereocenters. The van der Waals surface area contributed by atoms with Gasteiger partial charge >= 0.3 is 0 Å². The van der Waals surface area contributed by atoms with Crippen molar-refractivity contribution in [3.63, 3.8) is 0 Å². The minimum atomic E-state index is 0.527. The Balaban J connectivity index is 2.19. The van der Waals surface area contributed by atoms with E-state index in [1.54, 1.807) is 0 Å². The fourth-order valence-corrected chi connectivity index (χ4v) is 1.90. The third-order valence-corrected chi connectivity index (χ3v) is 2.60. The molecule has 1 aromatic rings. The molecule has 0 bridgehead atoms. The van der Waals surface area contributed by atoms with Crippen molar-refractivity contribution in [3.8, 4) is 0 Å². The lowest BCUT2D eigenvalue weighted by molar-refractivity contribution is 0.276. The summed E-state index contributed by atoms with van der Waals surface area (Å²) in [6.45, 7) is 3.27. The Morgan fingerprint density at radius 1 is 1.58 bits per heavy atom. The molecule has 1 aliphatic rings. The van der Waals surface area contributed by atoms with E-state index in [9.17, 15) is 0 Å². The summed E-state index contributed by atoms with van der Waals surface area (Å²) in [5.41, 5.74) is 1.23. The molecule has 1 fully saturated rings. The van der Waals surface area contributed by atoms with Crippen LogP contribution in [0.5, 0.6) is 0 Å². The maximum Gasteiger partial charge on any atom is 0.121 e. The van der Waals surface area contributed by atoms with Crippen LogP contribution in [-0.2, 0) is 0 Å². The van der Waals surface area contributed by atoms with Gasteiger partial charge in [0.05, 0.1) is 12.3 Å². The van der Waals surface area contributed by atoms with E-state index in [1.165, 1.54) is 24.9 Å². The fraction of sp³-hybridized carbons (Fsp3) is 0.600. The summed E-state index contributed by atoms with van der Waals surface area (Å²) in [6.07, 6.45) is 4.37. The second-order valence-corrected chi connectivity index (χ2v) is 3.67. The van der Waals surface area contributed by atoms with E-state index in [4.69, 9.17) is 4.42 Å². The molecule has 0 N–H and O–H groups in total. The quantitative estimate of drug-likeness (QED) is 0.635. The summed E-state index contributed by atoms with van der Waals surface area (Å²) in [4.78, 5) is 2.36. The van der Waals surface area contributed by atoms with Crippen LogP contribution < -0.4 is 0 Å². The molecule has 66 valence electrons. The van der Waals surface area contributed by atoms with Crippen molar-refractivity contribution in [1.29, 1.82) is 0 Å². The highest BCUT2D eigenvalue weighted by atomic mass is 16.3. The van der Waals surface area contributed by atoms with E-state index in [0.29, 0.717) is 6.04 Å². The van der Waals surface area contributed by atoms with Gasteiger partial charge in [-0.2, -0.15) is 0 Å². The van der Waals surface area contributed by atoms with Crippen molar-refractivity contribution in [2.75, 3.05) is 13.6 Å². The van der Waals surface area contributed by atoms with E-state index < -0.39 is 0 Å². The molecule has 0 saturated carbocycles. The maximum atomic E-state index is 5.48. The number of likely N-dealkylation sites (tertiary alicyclic amines) is 1. The van der Waals surface area contributed by atoms with E-state index in [1.807, 2.05) is 6.26 Å². The van der Waals surface area contributed by atoms with Gasteiger partial charge in [0, 0.05) is 0 Å². The van der Waals surface area contributed by atoms with Crippen LogP contribution in [0.3, 0.4) is 0 Å². The molecule has 1 saturated heterocycles. The van der Waals surface area contributed by atoms with Gasteiger partial charge in [0.25, 0.3) is 0 Å². The molecule has 12 heavy (non-hydrogen) atoms. The third kappa shape index (κ3) is 1.27. The third-order valence-electron chi connectivity index (χ3n) is 2.60. The average molecular weight is 165 g/mol. The van der Waals surface area contributed by atoms with Crippen molar-refractivity contribution < 1.29 is 4.42 Å². The summed E-state index contributed by atoms with van der Waals surface area (Å²) in [6, 6.07) is 2.67. The number of aryl methyl sites for hydroxylation is 1. The zero-order valence-corrected chi connectivity index (χ0v) is 7.71. The summed E-state index contributed by atoms with van der Waals surface area (Å²) in [7, 11) is 2.16. The van der Waals surface area contributed by atoms with Gasteiger partial charge in [-0.15, -0.1) is 0 Å². The molecule has 0 radical (unpaired) electrons. The normalized spacial score (nSPS) is 25.0. The van der Waals surface area contributed by atoms with Crippen molar-refractivity contribution in [2.24, 2.45) is 0 Å². The molecule has 0 spiro atoms. The smallest absolute Gasteiger partial charge is 0.121 e. The van der Waals surface area contributed by atoms with Gasteiger partial charge in [0.2, 0.25) is 0 Å². The number of hydrogen-bond acceptors (Lipinski definition) is 2. The van der Waals surface area contributed by atoms with Gasteiger partial charge in [0.1, 0.15) is 5.76 Å². The second kappa shape index (κ2) is 2.94. The van der Waals surface area contributed by atoms with Gasteiger partial charge in [-0.05, 0) is 45.0 Å². The monoisotopic (exact) mass is 165 g/mol. The fourth-order valence-electron chi connectivity index (χ4n) is 1.90.